The lowest BCUT2D eigenvalue weighted by molar-refractivity contribution is 0.103. The fourth-order valence-corrected chi connectivity index (χ4v) is 4.13. The Morgan fingerprint density at radius 2 is 1.59 bits per heavy atom. The highest BCUT2D eigenvalue weighted by Crippen LogP contribution is 2.37. The van der Waals surface area contributed by atoms with E-state index < -0.39 is 11.2 Å². The third kappa shape index (κ3) is 3.32. The van der Waals surface area contributed by atoms with Gasteiger partial charge in [0.2, 0.25) is 0 Å². The van der Waals surface area contributed by atoms with Crippen molar-refractivity contribution in [3.63, 3.8) is 0 Å². The van der Waals surface area contributed by atoms with E-state index in [9.17, 15) is 9.90 Å². The van der Waals surface area contributed by atoms with Crippen LogP contribution in [0.2, 0.25) is 0 Å². The molecule has 1 heterocycles. The first-order valence-electron chi connectivity index (χ1n) is 7.61. The topological polar surface area (TPSA) is 50.4 Å². The SMILES string of the molecule is [B]c1c([B])c([B])c2c(C(=O)c3cc(Br)c(O)c(Br)c3)c(C(C)Cl)oc2c1[B]. The number of phenols is 1. The van der Waals surface area contributed by atoms with Gasteiger partial charge in [-0.1, -0.05) is 10.9 Å². The van der Waals surface area contributed by atoms with Gasteiger partial charge >= 0.3 is 0 Å². The number of aromatic hydroxyl groups is 1. The summed E-state index contributed by atoms with van der Waals surface area (Å²) in [4.78, 5) is 13.3. The number of phenolic OH excluding ortho intramolecular Hbond substituents is 1. The van der Waals surface area contributed by atoms with Crippen molar-refractivity contribution in [2.45, 2.75) is 12.3 Å². The third-order valence-corrected chi connectivity index (χ3v) is 5.59. The average molecular weight is 498 g/mol. The molecule has 0 spiro atoms. The number of carbonyl (C=O) groups is 1. The fourth-order valence-electron chi connectivity index (χ4n) is 2.79. The Labute approximate surface area is 183 Å². The van der Waals surface area contributed by atoms with E-state index in [0.717, 1.165) is 0 Å². The quantitative estimate of drug-likeness (QED) is 0.338. The normalized spacial score (nSPS) is 12.4. The Hall–Kier alpha value is -1.04. The number of alkyl halides is 1. The van der Waals surface area contributed by atoms with Crippen LogP contribution in [0.15, 0.2) is 25.5 Å². The first-order chi connectivity index (χ1) is 12.6. The highest BCUT2D eigenvalue weighted by Gasteiger charge is 2.28. The average Bonchev–Trinajstić information content (AvgIpc) is 3.02. The van der Waals surface area contributed by atoms with E-state index in [4.69, 9.17) is 47.4 Å². The maximum Gasteiger partial charge on any atom is 0.197 e. The number of ketones is 1. The lowest BCUT2D eigenvalue weighted by atomic mass is 9.65. The van der Waals surface area contributed by atoms with Crippen molar-refractivity contribution in [3.05, 3.63) is 38.0 Å². The van der Waals surface area contributed by atoms with Gasteiger partial charge in [0.15, 0.2) is 5.78 Å². The molecule has 1 atom stereocenters. The third-order valence-electron chi connectivity index (χ3n) is 4.19. The van der Waals surface area contributed by atoms with Crippen LogP contribution in [0.4, 0.5) is 0 Å². The van der Waals surface area contributed by atoms with Gasteiger partial charge in [0.25, 0.3) is 0 Å². The van der Waals surface area contributed by atoms with Crippen molar-refractivity contribution in [1.82, 2.24) is 0 Å². The maximum absolute atomic E-state index is 13.3. The molecule has 0 amide bonds. The lowest BCUT2D eigenvalue weighted by Gasteiger charge is -2.13. The molecule has 0 aliphatic rings. The Balaban J connectivity index is 2.40. The molecule has 1 N–H and O–H groups in total. The molecule has 0 saturated carbocycles. The zero-order valence-corrected chi connectivity index (χ0v) is 17.9. The van der Waals surface area contributed by atoms with E-state index in [2.05, 4.69) is 31.9 Å². The second kappa shape index (κ2) is 7.41. The number of hydrogen-bond acceptors (Lipinski definition) is 3. The molecule has 2 aromatic carbocycles. The summed E-state index contributed by atoms with van der Waals surface area (Å²) in [6.07, 6.45) is 0. The van der Waals surface area contributed by atoms with Crippen molar-refractivity contribution in [1.29, 1.82) is 0 Å². The zero-order valence-electron chi connectivity index (χ0n) is 13.9. The number of benzene rings is 2. The largest absolute Gasteiger partial charge is 0.506 e. The molecule has 0 aliphatic carbocycles. The second-order valence-corrected chi connectivity index (χ2v) is 8.30. The highest BCUT2D eigenvalue weighted by atomic mass is 79.9. The first kappa shape index (κ1) is 20.7. The van der Waals surface area contributed by atoms with Crippen LogP contribution >= 0.6 is 43.5 Å². The number of rotatable bonds is 3. The predicted octanol–water partition coefficient (Wildman–Crippen LogP) is 1.37. The van der Waals surface area contributed by atoms with E-state index in [1.165, 1.54) is 12.1 Å². The molecule has 8 radical (unpaired) electrons. The Bertz CT molecular complexity index is 1090. The summed E-state index contributed by atoms with van der Waals surface area (Å²) >= 11 is 12.7. The number of hydrogen-bond donors (Lipinski definition) is 1. The van der Waals surface area contributed by atoms with Gasteiger partial charge < -0.3 is 9.52 Å². The Kier molecular flexibility index (Phi) is 5.68. The van der Waals surface area contributed by atoms with Crippen LogP contribution in [0.5, 0.6) is 5.75 Å². The number of furan rings is 1. The monoisotopic (exact) mass is 496 g/mol. The number of fused-ring (bicyclic) bond motifs is 1. The molecule has 3 aromatic rings. The van der Waals surface area contributed by atoms with Gasteiger partial charge in [0.05, 0.1) is 19.9 Å². The first-order valence-corrected chi connectivity index (χ1v) is 9.63. The summed E-state index contributed by atoms with van der Waals surface area (Å²) in [5.74, 6) is -0.261. The molecule has 1 unspecified atom stereocenters. The molecule has 0 saturated heterocycles. The van der Waals surface area contributed by atoms with Crippen molar-refractivity contribution in [2.75, 3.05) is 0 Å². The molecular weight excluding hydrogens is 491 g/mol. The van der Waals surface area contributed by atoms with Gasteiger partial charge in [0.1, 0.15) is 48.5 Å². The summed E-state index contributed by atoms with van der Waals surface area (Å²) in [6, 6.07) is 2.95. The van der Waals surface area contributed by atoms with Crippen LogP contribution in [0, 0.1) is 0 Å². The fraction of sp³-hybridized carbons (Fsp3) is 0.118. The van der Waals surface area contributed by atoms with E-state index in [1.807, 2.05) is 0 Å². The van der Waals surface area contributed by atoms with Crippen molar-refractivity contribution in [3.8, 4) is 5.75 Å². The molecule has 0 aliphatic heterocycles. The molecule has 3 rings (SSSR count). The van der Waals surface area contributed by atoms with Crippen LogP contribution in [-0.2, 0) is 0 Å². The van der Waals surface area contributed by atoms with Crippen LogP contribution in [0.1, 0.15) is 34.0 Å². The van der Waals surface area contributed by atoms with Gasteiger partial charge in [-0.3, -0.25) is 4.79 Å². The predicted molar refractivity (Wildman–Crippen MR) is 119 cm³/mol. The molecule has 27 heavy (non-hydrogen) atoms. The Morgan fingerprint density at radius 3 is 2.11 bits per heavy atom. The van der Waals surface area contributed by atoms with Crippen LogP contribution < -0.4 is 21.9 Å². The van der Waals surface area contributed by atoms with Crippen molar-refractivity contribution >= 4 is 113 Å². The summed E-state index contributed by atoms with van der Waals surface area (Å²) in [5.41, 5.74) is 0.885. The van der Waals surface area contributed by atoms with Gasteiger partial charge in [-0.15, -0.1) is 22.5 Å². The zero-order chi connectivity index (χ0) is 20.2. The van der Waals surface area contributed by atoms with Crippen LogP contribution in [-0.4, -0.2) is 42.3 Å². The van der Waals surface area contributed by atoms with Crippen LogP contribution in [0.3, 0.4) is 0 Å². The van der Waals surface area contributed by atoms with Gasteiger partial charge in [0, 0.05) is 10.9 Å². The standard InChI is InChI=1S/C17H7B4Br2ClO3/c1-4(24)16-9(14(25)5-2-6(22)15(26)7(23)3-5)8-10(18)11(19)12(20)13(21)17(8)27-16/h2-4,26H,1H3. The minimum Gasteiger partial charge on any atom is -0.506 e. The summed E-state index contributed by atoms with van der Waals surface area (Å²) < 4.78 is 6.44. The maximum atomic E-state index is 13.3. The Morgan fingerprint density at radius 1 is 1.07 bits per heavy atom. The molecule has 126 valence electrons. The molecular formula is C17H7B4Br2ClO3. The number of carbonyl (C=O) groups excluding carboxylic acids is 1. The molecule has 0 fully saturated rings. The summed E-state index contributed by atoms with van der Waals surface area (Å²) in [6.45, 7) is 1.65. The van der Waals surface area contributed by atoms with Crippen molar-refractivity contribution < 1.29 is 14.3 Å². The molecule has 0 bridgehead atoms. The van der Waals surface area contributed by atoms with Gasteiger partial charge in [-0.05, 0) is 50.9 Å². The van der Waals surface area contributed by atoms with Crippen LogP contribution in [0.25, 0.3) is 11.0 Å². The van der Waals surface area contributed by atoms with Crippen molar-refractivity contribution in [2.24, 2.45) is 0 Å². The van der Waals surface area contributed by atoms with E-state index >= 15 is 0 Å². The van der Waals surface area contributed by atoms with E-state index in [-0.39, 0.29) is 55.5 Å². The van der Waals surface area contributed by atoms with Gasteiger partial charge in [-0.25, -0.2) is 0 Å². The molecule has 1 aromatic heterocycles. The number of halogens is 3. The molecule has 10 heteroatoms. The van der Waals surface area contributed by atoms with E-state index in [1.54, 1.807) is 6.92 Å². The van der Waals surface area contributed by atoms with E-state index in [0.29, 0.717) is 8.95 Å². The van der Waals surface area contributed by atoms with Gasteiger partial charge in [-0.2, -0.15) is 0 Å². The smallest absolute Gasteiger partial charge is 0.197 e. The summed E-state index contributed by atoms with van der Waals surface area (Å²) in [5, 5.41) is 9.50. The lowest BCUT2D eigenvalue weighted by Crippen LogP contribution is -2.47. The molecule has 3 nitrogen and oxygen atoms in total. The second-order valence-electron chi connectivity index (χ2n) is 5.93. The minimum atomic E-state index is -0.651. The highest BCUT2D eigenvalue weighted by molar-refractivity contribution is 9.11. The minimum absolute atomic E-state index is 0.0321. The summed E-state index contributed by atoms with van der Waals surface area (Å²) in [7, 11) is 24.0.